The highest BCUT2D eigenvalue weighted by atomic mass is 32.2. The molecule has 0 spiro atoms. The molecule has 3 rings (SSSR count). The van der Waals surface area contributed by atoms with E-state index in [9.17, 15) is 8.42 Å². The quantitative estimate of drug-likeness (QED) is 0.426. The van der Waals surface area contributed by atoms with Crippen LogP contribution in [0.4, 0.5) is 5.13 Å². The molecule has 1 saturated heterocycles. The van der Waals surface area contributed by atoms with Crippen molar-refractivity contribution in [1.29, 1.82) is 0 Å². The molecular weight excluding hydrogens is 382 g/mol. The number of aliphatic imine (C=N–C) groups is 1. The van der Waals surface area contributed by atoms with Gasteiger partial charge in [0, 0.05) is 44.3 Å². The van der Waals surface area contributed by atoms with Crippen molar-refractivity contribution in [3.05, 3.63) is 47.5 Å². The van der Waals surface area contributed by atoms with Gasteiger partial charge in [0.1, 0.15) is 0 Å². The summed E-state index contributed by atoms with van der Waals surface area (Å²) in [5.74, 6) is 0.691. The summed E-state index contributed by atoms with van der Waals surface area (Å²) in [6, 6.07) is 9.25. The maximum Gasteiger partial charge on any atom is 0.191 e. The molecule has 1 aliphatic heterocycles. The molecule has 0 atom stereocenters. The highest BCUT2D eigenvalue weighted by molar-refractivity contribution is 7.90. The monoisotopic (exact) mass is 407 g/mol. The maximum absolute atomic E-state index is 12.2. The number of thiazole rings is 1. The van der Waals surface area contributed by atoms with Gasteiger partial charge >= 0.3 is 0 Å². The number of guanidine groups is 1. The minimum atomic E-state index is -3.13. The van der Waals surface area contributed by atoms with Crippen LogP contribution in [0.5, 0.6) is 0 Å². The van der Waals surface area contributed by atoms with Gasteiger partial charge in [-0.3, -0.25) is 4.99 Å². The topological polar surface area (TPSA) is 91.9 Å². The van der Waals surface area contributed by atoms with E-state index in [1.807, 2.05) is 46.8 Å². The number of piperazine rings is 1. The largest absolute Gasteiger partial charge is 0.370 e. The summed E-state index contributed by atoms with van der Waals surface area (Å²) in [5, 5.41) is 3.01. The molecule has 2 heterocycles. The first kappa shape index (κ1) is 19.6. The summed E-state index contributed by atoms with van der Waals surface area (Å²) in [5.41, 5.74) is 6.90. The fourth-order valence-electron chi connectivity index (χ4n) is 2.98. The van der Waals surface area contributed by atoms with E-state index >= 15 is 0 Å². The average Bonchev–Trinajstić information content (AvgIpc) is 3.20. The van der Waals surface area contributed by atoms with Gasteiger partial charge in [-0.2, -0.15) is 0 Å². The van der Waals surface area contributed by atoms with Crippen LogP contribution in [0.2, 0.25) is 0 Å². The molecule has 1 aromatic carbocycles. The van der Waals surface area contributed by atoms with Crippen molar-refractivity contribution in [3.8, 4) is 0 Å². The van der Waals surface area contributed by atoms with Gasteiger partial charge in [-0.1, -0.05) is 30.3 Å². The van der Waals surface area contributed by atoms with Crippen LogP contribution in [0, 0.1) is 0 Å². The van der Waals surface area contributed by atoms with Crippen LogP contribution in [0.15, 0.2) is 46.9 Å². The van der Waals surface area contributed by atoms with Crippen LogP contribution in [0.1, 0.15) is 12.0 Å². The van der Waals surface area contributed by atoms with Crippen LogP contribution in [-0.2, 0) is 15.6 Å². The molecule has 2 N–H and O–H groups in total. The summed E-state index contributed by atoms with van der Waals surface area (Å²) < 4.78 is 24.4. The Morgan fingerprint density at radius 1 is 1.19 bits per heavy atom. The summed E-state index contributed by atoms with van der Waals surface area (Å²) >= 11 is 1.64. The average molecular weight is 408 g/mol. The van der Waals surface area contributed by atoms with Crippen LogP contribution < -0.4 is 10.6 Å². The Kier molecular flexibility index (Phi) is 6.68. The number of sulfone groups is 1. The van der Waals surface area contributed by atoms with E-state index in [-0.39, 0.29) is 11.5 Å². The minimum absolute atomic E-state index is 0.0752. The van der Waals surface area contributed by atoms with Gasteiger partial charge in [0.2, 0.25) is 0 Å². The number of anilines is 1. The lowest BCUT2D eigenvalue weighted by Crippen LogP contribution is -2.51. The Morgan fingerprint density at radius 3 is 2.59 bits per heavy atom. The standard InChI is InChI=1S/C18H25N5O2S2/c19-17(22-9-11-23(12-10-22)18-21-8-13-26-18)20-7-4-14-27(24,25)15-16-5-2-1-3-6-16/h1-3,5-6,8,13H,4,7,9-12,14-15H2,(H2,19,20). The third kappa shape index (κ3) is 5.93. The fourth-order valence-corrected chi connectivity index (χ4v) is 5.09. The van der Waals surface area contributed by atoms with E-state index in [2.05, 4.69) is 14.9 Å². The zero-order valence-corrected chi connectivity index (χ0v) is 16.8. The molecule has 0 amide bonds. The van der Waals surface area contributed by atoms with E-state index in [1.165, 1.54) is 0 Å². The van der Waals surface area contributed by atoms with Crippen molar-refractivity contribution in [2.45, 2.75) is 12.2 Å². The molecule has 7 nitrogen and oxygen atoms in total. The van der Waals surface area contributed by atoms with Crippen LogP contribution in [0.3, 0.4) is 0 Å². The molecule has 0 radical (unpaired) electrons. The van der Waals surface area contributed by atoms with Crippen LogP contribution >= 0.6 is 11.3 Å². The normalized spacial score (nSPS) is 15.9. The Morgan fingerprint density at radius 2 is 1.93 bits per heavy atom. The van der Waals surface area contributed by atoms with Crippen molar-refractivity contribution in [1.82, 2.24) is 9.88 Å². The first-order chi connectivity index (χ1) is 13.0. The molecule has 27 heavy (non-hydrogen) atoms. The van der Waals surface area contributed by atoms with Crippen molar-refractivity contribution in [2.75, 3.05) is 43.4 Å². The number of rotatable bonds is 7. The number of hydrogen-bond donors (Lipinski definition) is 1. The van der Waals surface area contributed by atoms with Crippen LogP contribution in [0.25, 0.3) is 0 Å². The molecule has 0 bridgehead atoms. The highest BCUT2D eigenvalue weighted by Gasteiger charge is 2.19. The van der Waals surface area contributed by atoms with E-state index in [1.54, 1.807) is 11.3 Å². The van der Waals surface area contributed by atoms with Gasteiger partial charge in [-0.05, 0) is 12.0 Å². The predicted octanol–water partition coefficient (Wildman–Crippen LogP) is 1.58. The molecule has 146 valence electrons. The first-order valence-corrected chi connectivity index (χ1v) is 11.7. The minimum Gasteiger partial charge on any atom is -0.370 e. The van der Waals surface area contributed by atoms with Gasteiger partial charge in [-0.25, -0.2) is 13.4 Å². The summed E-state index contributed by atoms with van der Waals surface area (Å²) in [6.45, 7) is 3.72. The van der Waals surface area contributed by atoms with E-state index < -0.39 is 9.84 Å². The second kappa shape index (κ2) is 9.18. The Hall–Kier alpha value is -2.13. The lowest BCUT2D eigenvalue weighted by atomic mass is 10.2. The molecule has 0 saturated carbocycles. The summed E-state index contributed by atoms with van der Waals surface area (Å²) in [7, 11) is -3.13. The summed E-state index contributed by atoms with van der Waals surface area (Å²) in [6.07, 6.45) is 2.29. The van der Waals surface area contributed by atoms with Gasteiger partial charge in [0.25, 0.3) is 0 Å². The van der Waals surface area contributed by atoms with Crippen LogP contribution in [-0.4, -0.2) is 62.7 Å². The first-order valence-electron chi connectivity index (χ1n) is 8.97. The third-order valence-electron chi connectivity index (χ3n) is 4.41. The molecule has 2 aromatic rings. The predicted molar refractivity (Wildman–Crippen MR) is 111 cm³/mol. The van der Waals surface area contributed by atoms with Gasteiger partial charge in [0.15, 0.2) is 20.9 Å². The SMILES string of the molecule is NC(=NCCCS(=O)(=O)Cc1ccccc1)N1CCN(c2nccs2)CC1. The van der Waals surface area contributed by atoms with Crippen molar-refractivity contribution < 1.29 is 8.42 Å². The zero-order valence-electron chi connectivity index (χ0n) is 15.2. The van der Waals surface area contributed by atoms with E-state index in [4.69, 9.17) is 5.73 Å². The number of hydrogen-bond acceptors (Lipinski definition) is 6. The van der Waals surface area contributed by atoms with Crippen molar-refractivity contribution >= 4 is 32.3 Å². The smallest absolute Gasteiger partial charge is 0.191 e. The van der Waals surface area contributed by atoms with Crippen molar-refractivity contribution in [3.63, 3.8) is 0 Å². The van der Waals surface area contributed by atoms with Gasteiger partial charge in [-0.15, -0.1) is 11.3 Å². The number of benzene rings is 1. The summed E-state index contributed by atoms with van der Waals surface area (Å²) in [4.78, 5) is 13.0. The second-order valence-corrected chi connectivity index (χ2v) is 9.52. The highest BCUT2D eigenvalue weighted by Crippen LogP contribution is 2.18. The zero-order chi connectivity index (χ0) is 19.1. The second-order valence-electron chi connectivity index (χ2n) is 6.46. The molecule has 1 aromatic heterocycles. The number of nitrogens with two attached hydrogens (primary N) is 1. The van der Waals surface area contributed by atoms with Gasteiger partial charge < -0.3 is 15.5 Å². The van der Waals surface area contributed by atoms with E-state index in [0.717, 1.165) is 36.9 Å². The Balaban J connectivity index is 1.40. The molecule has 1 fully saturated rings. The molecule has 0 aliphatic carbocycles. The van der Waals surface area contributed by atoms with Gasteiger partial charge in [0.05, 0.1) is 11.5 Å². The third-order valence-corrected chi connectivity index (χ3v) is 6.93. The lowest BCUT2D eigenvalue weighted by Gasteiger charge is -2.35. The molecular formula is C18H25N5O2S2. The maximum atomic E-state index is 12.2. The number of aromatic nitrogens is 1. The molecule has 0 unspecified atom stereocenters. The molecule has 1 aliphatic rings. The fraction of sp³-hybridized carbons (Fsp3) is 0.444. The van der Waals surface area contributed by atoms with Crippen molar-refractivity contribution in [2.24, 2.45) is 10.7 Å². The lowest BCUT2D eigenvalue weighted by molar-refractivity contribution is 0.380. The Bertz CT molecular complexity index is 830. The van der Waals surface area contributed by atoms with E-state index in [0.29, 0.717) is 18.9 Å². The number of nitrogens with zero attached hydrogens (tertiary/aromatic N) is 4. The molecule has 9 heteroatoms. The Labute approximate surface area is 164 Å².